The first-order chi connectivity index (χ1) is 18.4. The summed E-state index contributed by atoms with van der Waals surface area (Å²) in [4.78, 5) is 17.4. The summed E-state index contributed by atoms with van der Waals surface area (Å²) in [5, 5.41) is 13.5. The van der Waals surface area contributed by atoms with Gasteiger partial charge in [0.2, 0.25) is 0 Å². The SMILES string of the molecule is CCC(F)(F)c1cccc(NC(=O)c2c(C)nc(-c3ccc(OC(F)F)c(-c4c(C)cccc4C)c3)n2O)c1. The van der Waals surface area contributed by atoms with Crippen molar-refractivity contribution in [3.63, 3.8) is 0 Å². The largest absolute Gasteiger partial charge is 0.434 e. The molecule has 10 heteroatoms. The number of nitrogens with one attached hydrogen (secondary N) is 1. The van der Waals surface area contributed by atoms with Crippen LogP contribution in [-0.4, -0.2) is 27.4 Å². The lowest BCUT2D eigenvalue weighted by molar-refractivity contribution is -0.0494. The molecular formula is C29H27F4N3O3. The Morgan fingerprint density at radius 3 is 2.36 bits per heavy atom. The van der Waals surface area contributed by atoms with Gasteiger partial charge < -0.3 is 15.3 Å². The highest BCUT2D eigenvalue weighted by Crippen LogP contribution is 2.39. The van der Waals surface area contributed by atoms with Gasteiger partial charge >= 0.3 is 6.61 Å². The van der Waals surface area contributed by atoms with Crippen molar-refractivity contribution >= 4 is 11.6 Å². The molecule has 0 atom stereocenters. The molecule has 6 nitrogen and oxygen atoms in total. The molecule has 2 N–H and O–H groups in total. The molecule has 0 radical (unpaired) electrons. The zero-order chi connectivity index (χ0) is 28.5. The quantitative estimate of drug-likeness (QED) is 0.177. The van der Waals surface area contributed by atoms with Crippen LogP contribution in [0.15, 0.2) is 60.7 Å². The monoisotopic (exact) mass is 541 g/mol. The van der Waals surface area contributed by atoms with E-state index in [1.165, 1.54) is 50.2 Å². The average molecular weight is 542 g/mol. The molecule has 0 saturated carbocycles. The lowest BCUT2D eigenvalue weighted by atomic mass is 9.93. The molecule has 204 valence electrons. The fraction of sp³-hybridized carbons (Fsp3) is 0.241. The number of halogens is 4. The molecular weight excluding hydrogens is 514 g/mol. The number of carbonyl (C=O) groups is 1. The summed E-state index contributed by atoms with van der Waals surface area (Å²) in [5.74, 6) is -3.89. The van der Waals surface area contributed by atoms with Crippen LogP contribution in [0.1, 0.15) is 46.2 Å². The number of amides is 1. The predicted molar refractivity (Wildman–Crippen MR) is 140 cm³/mol. The van der Waals surface area contributed by atoms with Crippen LogP contribution < -0.4 is 10.1 Å². The molecule has 0 aliphatic rings. The molecule has 0 saturated heterocycles. The molecule has 4 aromatic rings. The van der Waals surface area contributed by atoms with Crippen molar-refractivity contribution < 1.29 is 32.3 Å². The molecule has 0 aliphatic carbocycles. The topological polar surface area (TPSA) is 76.4 Å². The first-order valence-corrected chi connectivity index (χ1v) is 12.2. The third-order valence-corrected chi connectivity index (χ3v) is 6.43. The van der Waals surface area contributed by atoms with E-state index in [1.54, 1.807) is 6.07 Å². The predicted octanol–water partition coefficient (Wildman–Crippen LogP) is 7.74. The molecule has 0 unspecified atom stereocenters. The van der Waals surface area contributed by atoms with Crippen molar-refractivity contribution in [1.29, 1.82) is 0 Å². The van der Waals surface area contributed by atoms with Gasteiger partial charge in [0.1, 0.15) is 5.75 Å². The van der Waals surface area contributed by atoms with E-state index in [0.717, 1.165) is 11.1 Å². The molecule has 1 amide bonds. The molecule has 0 fully saturated rings. The number of carbonyl (C=O) groups excluding carboxylic acids is 1. The van der Waals surface area contributed by atoms with E-state index in [4.69, 9.17) is 4.74 Å². The highest BCUT2D eigenvalue weighted by Gasteiger charge is 2.29. The number of benzene rings is 3. The Balaban J connectivity index is 1.74. The zero-order valence-electron chi connectivity index (χ0n) is 21.7. The van der Waals surface area contributed by atoms with E-state index in [1.807, 2.05) is 32.0 Å². The highest BCUT2D eigenvalue weighted by molar-refractivity contribution is 6.04. The van der Waals surface area contributed by atoms with Crippen molar-refractivity contribution in [2.24, 2.45) is 0 Å². The van der Waals surface area contributed by atoms with Crippen LogP contribution in [0, 0.1) is 20.8 Å². The Morgan fingerprint density at radius 2 is 1.72 bits per heavy atom. The normalized spacial score (nSPS) is 11.6. The van der Waals surface area contributed by atoms with Crippen molar-refractivity contribution in [1.82, 2.24) is 9.71 Å². The first kappa shape index (κ1) is 27.7. The maximum Gasteiger partial charge on any atom is 0.387 e. The van der Waals surface area contributed by atoms with Gasteiger partial charge in [0.25, 0.3) is 11.8 Å². The number of hydrogen-bond acceptors (Lipinski definition) is 4. The minimum absolute atomic E-state index is 0.0139. The van der Waals surface area contributed by atoms with E-state index in [-0.39, 0.29) is 34.2 Å². The number of ether oxygens (including phenoxy) is 1. The number of rotatable bonds is 8. The van der Waals surface area contributed by atoms with Gasteiger partial charge in [-0.3, -0.25) is 4.79 Å². The summed E-state index contributed by atoms with van der Waals surface area (Å²) in [6.07, 6.45) is -0.401. The molecule has 3 aromatic carbocycles. The van der Waals surface area contributed by atoms with E-state index < -0.39 is 24.9 Å². The summed E-state index contributed by atoms with van der Waals surface area (Å²) >= 11 is 0. The number of imidazole rings is 1. The van der Waals surface area contributed by atoms with Crippen molar-refractivity contribution in [2.75, 3.05) is 5.32 Å². The standard InChI is InChI=1S/C29H27F4N3O3/c1-5-29(32,33)20-10-7-11-21(15-20)35-27(37)25-18(4)34-26(36(25)38)19-12-13-23(39-28(30)31)22(14-19)24-16(2)8-6-9-17(24)3/h6-15,28,38H,5H2,1-4H3,(H,35,37). The van der Waals surface area contributed by atoms with Crippen LogP contribution in [0.5, 0.6) is 5.75 Å². The maximum atomic E-state index is 14.1. The van der Waals surface area contributed by atoms with Crippen molar-refractivity contribution in [2.45, 2.75) is 46.6 Å². The number of nitrogens with zero attached hydrogens (tertiary/aromatic N) is 2. The number of hydrogen-bond donors (Lipinski definition) is 2. The van der Waals surface area contributed by atoms with Gasteiger partial charge in [-0.1, -0.05) is 37.3 Å². The van der Waals surface area contributed by atoms with Crippen LogP contribution in [0.2, 0.25) is 0 Å². The fourth-order valence-corrected chi connectivity index (χ4v) is 4.49. The molecule has 1 heterocycles. The van der Waals surface area contributed by atoms with Crippen LogP contribution in [-0.2, 0) is 5.92 Å². The maximum absolute atomic E-state index is 14.1. The third-order valence-electron chi connectivity index (χ3n) is 6.43. The Morgan fingerprint density at radius 1 is 1.05 bits per heavy atom. The van der Waals surface area contributed by atoms with Gasteiger partial charge in [0.15, 0.2) is 11.5 Å². The highest BCUT2D eigenvalue weighted by atomic mass is 19.3. The van der Waals surface area contributed by atoms with Crippen LogP contribution in [0.4, 0.5) is 23.2 Å². The molecule has 0 spiro atoms. The van der Waals surface area contributed by atoms with E-state index >= 15 is 0 Å². The Labute approximate surface area is 222 Å². The molecule has 0 aliphatic heterocycles. The Bertz CT molecular complexity index is 1510. The summed E-state index contributed by atoms with van der Waals surface area (Å²) in [6.45, 7) is 3.50. The van der Waals surface area contributed by atoms with Crippen LogP contribution in [0.25, 0.3) is 22.5 Å². The molecule has 39 heavy (non-hydrogen) atoms. The van der Waals surface area contributed by atoms with Gasteiger partial charge in [-0.2, -0.15) is 13.5 Å². The fourth-order valence-electron chi connectivity index (χ4n) is 4.49. The number of anilines is 1. The van der Waals surface area contributed by atoms with Crippen molar-refractivity contribution in [3.8, 4) is 28.3 Å². The number of aryl methyl sites for hydroxylation is 3. The van der Waals surface area contributed by atoms with Gasteiger partial charge in [0, 0.05) is 28.8 Å². The van der Waals surface area contributed by atoms with Gasteiger partial charge in [-0.05, 0) is 67.8 Å². The lowest BCUT2D eigenvalue weighted by Crippen LogP contribution is -2.18. The summed E-state index contributed by atoms with van der Waals surface area (Å²) in [5.41, 5.74) is 2.87. The molecule has 0 bridgehead atoms. The van der Waals surface area contributed by atoms with E-state index in [2.05, 4.69) is 10.3 Å². The van der Waals surface area contributed by atoms with Gasteiger partial charge in [0.05, 0.1) is 5.69 Å². The third kappa shape index (κ3) is 5.59. The summed E-state index contributed by atoms with van der Waals surface area (Å²) in [7, 11) is 0. The van der Waals surface area contributed by atoms with Gasteiger partial charge in [-0.15, -0.1) is 0 Å². The summed E-state index contributed by atoms with van der Waals surface area (Å²) in [6, 6.07) is 15.2. The van der Waals surface area contributed by atoms with Gasteiger partial charge in [-0.25, -0.2) is 13.8 Å². The average Bonchev–Trinajstić information content (AvgIpc) is 3.18. The minimum atomic E-state index is -3.06. The Kier molecular flexibility index (Phi) is 7.67. The lowest BCUT2D eigenvalue weighted by Gasteiger charge is -2.16. The second-order valence-corrected chi connectivity index (χ2v) is 9.13. The minimum Gasteiger partial charge on any atom is -0.434 e. The smallest absolute Gasteiger partial charge is 0.387 e. The summed E-state index contributed by atoms with van der Waals surface area (Å²) < 4.78 is 60.0. The first-order valence-electron chi connectivity index (χ1n) is 12.2. The number of aromatic nitrogens is 2. The Hall–Kier alpha value is -4.34. The van der Waals surface area contributed by atoms with Crippen LogP contribution in [0.3, 0.4) is 0 Å². The second kappa shape index (κ2) is 10.8. The zero-order valence-corrected chi connectivity index (χ0v) is 21.7. The number of alkyl halides is 4. The molecule has 4 rings (SSSR count). The van der Waals surface area contributed by atoms with E-state index in [0.29, 0.717) is 21.4 Å². The van der Waals surface area contributed by atoms with Crippen molar-refractivity contribution in [3.05, 3.63) is 88.7 Å². The van der Waals surface area contributed by atoms with Crippen LogP contribution >= 0.6 is 0 Å². The second-order valence-electron chi connectivity index (χ2n) is 9.13. The molecule has 1 aromatic heterocycles. The van der Waals surface area contributed by atoms with E-state index in [9.17, 15) is 27.6 Å².